The normalized spacial score (nSPS) is 14.1. The van der Waals surface area contributed by atoms with Crippen LogP contribution in [-0.2, 0) is 35.2 Å². The highest BCUT2D eigenvalue weighted by Crippen LogP contribution is 2.40. The van der Waals surface area contributed by atoms with Crippen LogP contribution in [0, 0.1) is 0 Å². The van der Waals surface area contributed by atoms with Crippen LogP contribution in [0.2, 0.25) is 0 Å². The second kappa shape index (κ2) is 10.1. The number of nitrogens with one attached hydrogen (secondary N) is 1. The summed E-state index contributed by atoms with van der Waals surface area (Å²) >= 11 is 4.28. The molecule has 1 N–H and O–H groups in total. The summed E-state index contributed by atoms with van der Waals surface area (Å²) in [6.45, 7) is 2.06. The lowest BCUT2D eigenvalue weighted by atomic mass is 10.1. The number of hydrogen-bond acceptors (Lipinski definition) is 8. The number of thiophene rings is 2. The van der Waals surface area contributed by atoms with E-state index in [1.54, 1.807) is 22.8 Å². The van der Waals surface area contributed by atoms with Gasteiger partial charge in [-0.25, -0.2) is 9.78 Å². The monoisotopic (exact) mass is 551 g/mol. The van der Waals surface area contributed by atoms with E-state index >= 15 is 0 Å². The molecule has 2 aliphatic carbocycles. The summed E-state index contributed by atoms with van der Waals surface area (Å²) in [7, 11) is 0. The molecule has 0 unspecified atom stereocenters. The first kappa shape index (κ1) is 24.4. The van der Waals surface area contributed by atoms with Crippen LogP contribution in [0.5, 0.6) is 0 Å². The molecule has 7 nitrogen and oxygen atoms in total. The Morgan fingerprint density at radius 1 is 1.05 bits per heavy atom. The number of esters is 1. The number of aromatic nitrogens is 2. The molecule has 6 rings (SSSR count). The van der Waals surface area contributed by atoms with Gasteiger partial charge in [0.2, 0.25) is 5.91 Å². The van der Waals surface area contributed by atoms with Gasteiger partial charge in [0.1, 0.15) is 9.83 Å². The van der Waals surface area contributed by atoms with Gasteiger partial charge in [-0.1, -0.05) is 30.0 Å². The zero-order valence-electron chi connectivity index (χ0n) is 20.3. The van der Waals surface area contributed by atoms with Crippen LogP contribution in [0.25, 0.3) is 15.9 Å². The molecule has 190 valence electrons. The van der Waals surface area contributed by atoms with Crippen molar-refractivity contribution in [1.29, 1.82) is 0 Å². The predicted molar refractivity (Wildman–Crippen MR) is 149 cm³/mol. The Bertz CT molecular complexity index is 1590. The van der Waals surface area contributed by atoms with Crippen molar-refractivity contribution in [3.05, 3.63) is 67.1 Å². The number of carbonyl (C=O) groups excluding carboxylic acids is 2. The van der Waals surface area contributed by atoms with Gasteiger partial charge >= 0.3 is 5.97 Å². The quantitative estimate of drug-likeness (QED) is 0.188. The highest BCUT2D eigenvalue weighted by molar-refractivity contribution is 7.99. The van der Waals surface area contributed by atoms with Crippen molar-refractivity contribution in [3.63, 3.8) is 0 Å². The largest absolute Gasteiger partial charge is 0.462 e. The standard InChI is InChI=1S/C27H25N3O4S3/c1-2-34-26(33)22-17-11-7-13-19(17)37-24(22)28-20(31)14-35-27-29-23-21(16-10-6-12-18(16)36-23)25(32)30(27)15-8-4-3-5-9-15/h3-5,8-9H,2,6-7,10-14H2,1H3,(H,28,31). The fourth-order valence-electron chi connectivity index (χ4n) is 5.13. The van der Waals surface area contributed by atoms with Gasteiger partial charge in [0.15, 0.2) is 5.16 Å². The fourth-order valence-corrected chi connectivity index (χ4v) is 8.54. The van der Waals surface area contributed by atoms with Crippen molar-refractivity contribution < 1.29 is 14.3 Å². The summed E-state index contributed by atoms with van der Waals surface area (Å²) < 4.78 is 6.89. The molecule has 0 saturated carbocycles. The Balaban J connectivity index is 1.30. The Hall–Kier alpha value is -2.95. The number of para-hydroxylation sites is 1. The molecule has 0 fully saturated rings. The molecule has 0 saturated heterocycles. The van der Waals surface area contributed by atoms with E-state index in [9.17, 15) is 14.4 Å². The highest BCUT2D eigenvalue weighted by Gasteiger charge is 2.29. The summed E-state index contributed by atoms with van der Waals surface area (Å²) in [5.41, 5.74) is 3.27. The van der Waals surface area contributed by atoms with E-state index in [0.717, 1.165) is 65.0 Å². The van der Waals surface area contributed by atoms with E-state index < -0.39 is 0 Å². The first-order valence-electron chi connectivity index (χ1n) is 12.4. The molecule has 3 heterocycles. The molecule has 0 bridgehead atoms. The van der Waals surface area contributed by atoms with Crippen molar-refractivity contribution >= 4 is 61.5 Å². The van der Waals surface area contributed by atoms with Gasteiger partial charge in [0.25, 0.3) is 5.56 Å². The molecule has 0 spiro atoms. The van der Waals surface area contributed by atoms with E-state index in [-0.39, 0.29) is 29.8 Å². The number of amides is 1. The first-order valence-corrected chi connectivity index (χ1v) is 15.0. The van der Waals surface area contributed by atoms with E-state index in [1.807, 2.05) is 30.3 Å². The molecule has 37 heavy (non-hydrogen) atoms. The maximum absolute atomic E-state index is 13.7. The Labute approximate surface area is 225 Å². The lowest BCUT2D eigenvalue weighted by Crippen LogP contribution is -2.23. The first-order chi connectivity index (χ1) is 18.0. The summed E-state index contributed by atoms with van der Waals surface area (Å²) in [5.74, 6) is -0.584. The summed E-state index contributed by atoms with van der Waals surface area (Å²) in [6, 6.07) is 9.44. The number of carbonyl (C=O) groups is 2. The number of fused-ring (bicyclic) bond motifs is 4. The minimum absolute atomic E-state index is 0.0563. The van der Waals surface area contributed by atoms with Gasteiger partial charge in [-0.05, 0) is 68.7 Å². The van der Waals surface area contributed by atoms with Crippen LogP contribution in [0.4, 0.5) is 5.00 Å². The number of ether oxygens (including phenoxy) is 1. The minimum Gasteiger partial charge on any atom is -0.462 e. The van der Waals surface area contributed by atoms with Crippen LogP contribution in [0.1, 0.15) is 51.0 Å². The number of thioether (sulfide) groups is 1. The van der Waals surface area contributed by atoms with Gasteiger partial charge < -0.3 is 10.1 Å². The lowest BCUT2D eigenvalue weighted by Gasteiger charge is -2.12. The summed E-state index contributed by atoms with van der Waals surface area (Å²) in [6.07, 6.45) is 5.70. The SMILES string of the molecule is CCOC(=O)c1c(NC(=O)CSc2nc3sc4c(c3c(=O)n2-c2ccccc2)CCC4)sc2c1CCC2. The van der Waals surface area contributed by atoms with E-state index in [2.05, 4.69) is 5.32 Å². The predicted octanol–water partition coefficient (Wildman–Crippen LogP) is 5.39. The molecule has 0 aliphatic heterocycles. The highest BCUT2D eigenvalue weighted by atomic mass is 32.2. The van der Waals surface area contributed by atoms with Crippen molar-refractivity contribution in [2.24, 2.45) is 0 Å². The third-order valence-electron chi connectivity index (χ3n) is 6.71. The van der Waals surface area contributed by atoms with Crippen LogP contribution >= 0.6 is 34.4 Å². The summed E-state index contributed by atoms with van der Waals surface area (Å²) in [4.78, 5) is 47.4. The minimum atomic E-state index is -0.388. The molecule has 4 aromatic rings. The molecule has 0 radical (unpaired) electrons. The van der Waals surface area contributed by atoms with Crippen LogP contribution in [-0.4, -0.2) is 33.8 Å². The number of anilines is 1. The van der Waals surface area contributed by atoms with Gasteiger partial charge in [-0.15, -0.1) is 22.7 Å². The smallest absolute Gasteiger partial charge is 0.341 e. The Morgan fingerprint density at radius 3 is 2.54 bits per heavy atom. The van der Waals surface area contributed by atoms with Gasteiger partial charge in [0, 0.05) is 9.75 Å². The maximum Gasteiger partial charge on any atom is 0.341 e. The van der Waals surface area contributed by atoms with Gasteiger partial charge in [0.05, 0.1) is 29.0 Å². The number of aryl methyl sites for hydroxylation is 3. The molecule has 1 amide bonds. The second-order valence-corrected chi connectivity index (χ2v) is 12.2. The average Bonchev–Trinajstić information content (AvgIpc) is 3.64. The van der Waals surface area contributed by atoms with E-state index in [1.165, 1.54) is 28.0 Å². The van der Waals surface area contributed by atoms with Crippen LogP contribution < -0.4 is 10.9 Å². The second-order valence-electron chi connectivity index (χ2n) is 9.03. The number of nitrogens with zero attached hydrogens (tertiary/aromatic N) is 2. The number of benzene rings is 1. The van der Waals surface area contributed by atoms with E-state index in [4.69, 9.17) is 9.72 Å². The van der Waals surface area contributed by atoms with Gasteiger partial charge in [-0.3, -0.25) is 14.2 Å². The molecule has 0 atom stereocenters. The fraction of sp³-hybridized carbons (Fsp3) is 0.333. The number of hydrogen-bond donors (Lipinski definition) is 1. The zero-order chi connectivity index (χ0) is 25.5. The third-order valence-corrected chi connectivity index (χ3v) is 10.0. The van der Waals surface area contributed by atoms with Crippen LogP contribution in [0.15, 0.2) is 40.3 Å². The number of rotatable bonds is 7. The molecule has 1 aromatic carbocycles. The molecule has 2 aliphatic rings. The summed E-state index contributed by atoms with van der Waals surface area (Å²) in [5, 5.41) is 4.68. The molecular formula is C27H25N3O4S3. The van der Waals surface area contributed by atoms with Crippen molar-refractivity contribution in [1.82, 2.24) is 9.55 Å². The zero-order valence-corrected chi connectivity index (χ0v) is 22.7. The maximum atomic E-state index is 13.7. The van der Waals surface area contributed by atoms with Crippen molar-refractivity contribution in [2.75, 3.05) is 17.7 Å². The average molecular weight is 552 g/mol. The van der Waals surface area contributed by atoms with Crippen molar-refractivity contribution in [2.45, 2.75) is 50.6 Å². The molecule has 3 aromatic heterocycles. The van der Waals surface area contributed by atoms with Crippen LogP contribution in [0.3, 0.4) is 0 Å². The Morgan fingerprint density at radius 2 is 1.78 bits per heavy atom. The lowest BCUT2D eigenvalue weighted by molar-refractivity contribution is -0.113. The van der Waals surface area contributed by atoms with Gasteiger partial charge in [-0.2, -0.15) is 0 Å². The molecular weight excluding hydrogens is 527 g/mol. The van der Waals surface area contributed by atoms with Crippen molar-refractivity contribution in [3.8, 4) is 5.69 Å². The Kier molecular flexibility index (Phi) is 6.64. The topological polar surface area (TPSA) is 90.3 Å². The molecule has 10 heteroatoms. The van der Waals surface area contributed by atoms with E-state index in [0.29, 0.717) is 21.1 Å². The third kappa shape index (κ3) is 4.41.